The lowest BCUT2D eigenvalue weighted by atomic mass is 9.97. The Labute approximate surface area is 72.9 Å². The van der Waals surface area contributed by atoms with Crippen LogP contribution in [0.3, 0.4) is 0 Å². The normalized spacial score (nSPS) is 12.8. The standard InChI is InChI=1S/C10H14O2/c1-4-6-7-9(5-2)8(3)10(11)12/h4,6-7,9H,1,3,5H2,2H3,(H,11,12). The Balaban J connectivity index is 4.34. The van der Waals surface area contributed by atoms with Crippen LogP contribution < -0.4 is 0 Å². The van der Waals surface area contributed by atoms with Crippen molar-refractivity contribution in [1.82, 2.24) is 0 Å². The van der Waals surface area contributed by atoms with E-state index in [0.717, 1.165) is 6.42 Å². The van der Waals surface area contributed by atoms with E-state index in [0.29, 0.717) is 0 Å². The van der Waals surface area contributed by atoms with Crippen molar-refractivity contribution in [3.05, 3.63) is 37.0 Å². The molecule has 0 fully saturated rings. The highest BCUT2D eigenvalue weighted by Gasteiger charge is 2.12. The van der Waals surface area contributed by atoms with Crippen molar-refractivity contribution >= 4 is 5.97 Å². The van der Waals surface area contributed by atoms with Gasteiger partial charge in [0, 0.05) is 11.5 Å². The van der Waals surface area contributed by atoms with E-state index in [1.807, 2.05) is 6.92 Å². The van der Waals surface area contributed by atoms with Crippen LogP contribution in [0.1, 0.15) is 13.3 Å². The van der Waals surface area contributed by atoms with Gasteiger partial charge in [-0.1, -0.05) is 38.3 Å². The van der Waals surface area contributed by atoms with Crippen molar-refractivity contribution in [2.24, 2.45) is 5.92 Å². The Kier molecular flexibility index (Phi) is 4.77. The molecule has 0 rings (SSSR count). The van der Waals surface area contributed by atoms with Crippen LogP contribution in [0.25, 0.3) is 0 Å². The predicted octanol–water partition coefficient (Wildman–Crippen LogP) is 2.40. The first kappa shape index (κ1) is 10.7. The molecule has 0 aliphatic heterocycles. The second-order valence-electron chi connectivity index (χ2n) is 2.47. The van der Waals surface area contributed by atoms with Gasteiger partial charge in [0.2, 0.25) is 0 Å². The van der Waals surface area contributed by atoms with Gasteiger partial charge in [0.05, 0.1) is 0 Å². The molecular formula is C10H14O2. The number of aliphatic carboxylic acids is 1. The van der Waals surface area contributed by atoms with Crippen molar-refractivity contribution < 1.29 is 9.90 Å². The van der Waals surface area contributed by atoms with Crippen LogP contribution in [-0.4, -0.2) is 11.1 Å². The van der Waals surface area contributed by atoms with Crippen LogP contribution in [0.2, 0.25) is 0 Å². The SMILES string of the molecule is C=CC=CC(CC)C(=C)C(=O)O. The molecule has 0 aliphatic rings. The molecule has 0 heterocycles. The van der Waals surface area contributed by atoms with E-state index in [-0.39, 0.29) is 11.5 Å². The highest BCUT2D eigenvalue weighted by Crippen LogP contribution is 2.14. The average Bonchev–Trinajstić information content (AvgIpc) is 2.05. The van der Waals surface area contributed by atoms with E-state index < -0.39 is 5.97 Å². The zero-order chi connectivity index (χ0) is 9.56. The highest BCUT2D eigenvalue weighted by atomic mass is 16.4. The highest BCUT2D eigenvalue weighted by molar-refractivity contribution is 5.86. The molecule has 1 unspecified atom stereocenters. The monoisotopic (exact) mass is 166 g/mol. The molecule has 2 heteroatoms. The Morgan fingerprint density at radius 2 is 2.25 bits per heavy atom. The Morgan fingerprint density at radius 3 is 2.58 bits per heavy atom. The lowest BCUT2D eigenvalue weighted by Crippen LogP contribution is -2.08. The first-order valence-corrected chi connectivity index (χ1v) is 3.84. The van der Waals surface area contributed by atoms with Crippen molar-refractivity contribution in [2.45, 2.75) is 13.3 Å². The summed E-state index contributed by atoms with van der Waals surface area (Å²) in [5.41, 5.74) is 0.232. The van der Waals surface area contributed by atoms with E-state index in [9.17, 15) is 4.79 Å². The van der Waals surface area contributed by atoms with E-state index in [2.05, 4.69) is 13.2 Å². The van der Waals surface area contributed by atoms with Gasteiger partial charge in [-0.15, -0.1) is 0 Å². The number of rotatable bonds is 5. The topological polar surface area (TPSA) is 37.3 Å². The minimum absolute atomic E-state index is 0.0829. The van der Waals surface area contributed by atoms with Crippen LogP contribution in [0, 0.1) is 5.92 Å². The largest absolute Gasteiger partial charge is 0.478 e. The molecule has 2 nitrogen and oxygen atoms in total. The molecule has 0 bridgehead atoms. The van der Waals surface area contributed by atoms with E-state index >= 15 is 0 Å². The summed E-state index contributed by atoms with van der Waals surface area (Å²) in [6.45, 7) is 8.92. The molecule has 0 saturated carbocycles. The van der Waals surface area contributed by atoms with E-state index in [1.165, 1.54) is 0 Å². The number of hydrogen-bond acceptors (Lipinski definition) is 1. The van der Waals surface area contributed by atoms with Gasteiger partial charge in [-0.3, -0.25) is 0 Å². The molecule has 0 aromatic rings. The van der Waals surface area contributed by atoms with Gasteiger partial charge in [0.1, 0.15) is 0 Å². The third-order valence-electron chi connectivity index (χ3n) is 1.64. The van der Waals surface area contributed by atoms with Gasteiger partial charge in [-0.25, -0.2) is 4.79 Å². The van der Waals surface area contributed by atoms with Gasteiger partial charge >= 0.3 is 5.97 Å². The summed E-state index contributed by atoms with van der Waals surface area (Å²) in [4.78, 5) is 10.5. The lowest BCUT2D eigenvalue weighted by Gasteiger charge is -2.08. The quantitative estimate of drug-likeness (QED) is 0.503. The Bertz CT molecular complexity index is 214. The number of carboxylic acid groups (broad SMARTS) is 1. The molecule has 0 spiro atoms. The third-order valence-corrected chi connectivity index (χ3v) is 1.64. The average molecular weight is 166 g/mol. The molecule has 12 heavy (non-hydrogen) atoms. The van der Waals surface area contributed by atoms with Gasteiger partial charge in [0.15, 0.2) is 0 Å². The summed E-state index contributed by atoms with van der Waals surface area (Å²) < 4.78 is 0. The maximum Gasteiger partial charge on any atom is 0.331 e. The fourth-order valence-corrected chi connectivity index (χ4v) is 0.870. The molecule has 1 atom stereocenters. The molecule has 1 N–H and O–H groups in total. The van der Waals surface area contributed by atoms with E-state index in [4.69, 9.17) is 5.11 Å². The number of carbonyl (C=O) groups is 1. The molecule has 66 valence electrons. The Morgan fingerprint density at radius 1 is 1.67 bits per heavy atom. The molecule has 0 amide bonds. The molecule has 0 aromatic heterocycles. The molecular weight excluding hydrogens is 152 g/mol. The second kappa shape index (κ2) is 5.35. The maximum absolute atomic E-state index is 10.5. The third kappa shape index (κ3) is 3.19. The summed E-state index contributed by atoms with van der Waals surface area (Å²) in [5.74, 6) is -1.02. The van der Waals surface area contributed by atoms with Gasteiger partial charge < -0.3 is 5.11 Å². The molecule has 0 radical (unpaired) electrons. The minimum atomic E-state index is -0.935. The van der Waals surface area contributed by atoms with Gasteiger partial charge in [-0.2, -0.15) is 0 Å². The summed E-state index contributed by atoms with van der Waals surface area (Å²) in [7, 11) is 0. The van der Waals surface area contributed by atoms with Crippen LogP contribution >= 0.6 is 0 Å². The minimum Gasteiger partial charge on any atom is -0.478 e. The lowest BCUT2D eigenvalue weighted by molar-refractivity contribution is -0.133. The van der Waals surface area contributed by atoms with Gasteiger partial charge in [-0.05, 0) is 6.42 Å². The summed E-state index contributed by atoms with van der Waals surface area (Å²) in [5, 5.41) is 8.62. The summed E-state index contributed by atoms with van der Waals surface area (Å²) >= 11 is 0. The smallest absolute Gasteiger partial charge is 0.331 e. The first-order chi connectivity index (χ1) is 5.63. The van der Waals surface area contributed by atoms with Crippen LogP contribution in [-0.2, 0) is 4.79 Å². The predicted molar refractivity (Wildman–Crippen MR) is 49.9 cm³/mol. The zero-order valence-corrected chi connectivity index (χ0v) is 7.29. The fraction of sp³-hybridized carbons (Fsp3) is 0.300. The van der Waals surface area contributed by atoms with Crippen LogP contribution in [0.15, 0.2) is 37.0 Å². The zero-order valence-electron chi connectivity index (χ0n) is 7.29. The Hall–Kier alpha value is -1.31. The summed E-state index contributed by atoms with van der Waals surface area (Å²) in [6.07, 6.45) is 5.90. The van der Waals surface area contributed by atoms with Crippen molar-refractivity contribution in [3.8, 4) is 0 Å². The second-order valence-corrected chi connectivity index (χ2v) is 2.47. The summed E-state index contributed by atoms with van der Waals surface area (Å²) in [6, 6.07) is 0. The fourth-order valence-electron chi connectivity index (χ4n) is 0.870. The molecule has 0 aromatic carbocycles. The van der Waals surface area contributed by atoms with Gasteiger partial charge in [0.25, 0.3) is 0 Å². The van der Waals surface area contributed by atoms with Crippen LogP contribution in [0.5, 0.6) is 0 Å². The molecule has 0 saturated heterocycles. The molecule has 0 aliphatic carbocycles. The van der Waals surface area contributed by atoms with Crippen molar-refractivity contribution in [2.75, 3.05) is 0 Å². The number of carboxylic acids is 1. The van der Waals surface area contributed by atoms with Crippen LogP contribution in [0.4, 0.5) is 0 Å². The van der Waals surface area contributed by atoms with E-state index in [1.54, 1.807) is 18.2 Å². The van der Waals surface area contributed by atoms with Crippen molar-refractivity contribution in [3.63, 3.8) is 0 Å². The van der Waals surface area contributed by atoms with Crippen molar-refractivity contribution in [1.29, 1.82) is 0 Å². The number of hydrogen-bond donors (Lipinski definition) is 1. The number of allylic oxidation sites excluding steroid dienone is 3. The first-order valence-electron chi connectivity index (χ1n) is 3.84. The maximum atomic E-state index is 10.5.